The average molecular weight is 417 g/mol. The van der Waals surface area contributed by atoms with Crippen molar-refractivity contribution in [1.82, 2.24) is 14.5 Å². The summed E-state index contributed by atoms with van der Waals surface area (Å²) in [4.78, 5) is 8.38. The lowest BCUT2D eigenvalue weighted by molar-refractivity contribution is 0.267. The first-order valence-electron chi connectivity index (χ1n) is 9.91. The molecule has 30 heavy (non-hydrogen) atoms. The van der Waals surface area contributed by atoms with Gasteiger partial charge >= 0.3 is 0 Å². The molecule has 4 N–H and O–H groups in total. The molecular formula is C21H28FN5O3. The molecule has 0 amide bonds. The van der Waals surface area contributed by atoms with Crippen molar-refractivity contribution < 1.29 is 19.0 Å². The van der Waals surface area contributed by atoms with Gasteiger partial charge in [0, 0.05) is 6.20 Å². The first kappa shape index (κ1) is 21.6. The number of rotatable bonds is 10. The van der Waals surface area contributed by atoms with Crippen molar-refractivity contribution in [3.63, 3.8) is 0 Å². The number of anilines is 2. The van der Waals surface area contributed by atoms with Gasteiger partial charge in [-0.3, -0.25) is 0 Å². The van der Waals surface area contributed by atoms with Crippen molar-refractivity contribution in [1.29, 1.82) is 0 Å². The zero-order chi connectivity index (χ0) is 21.7. The summed E-state index contributed by atoms with van der Waals surface area (Å²) in [5.74, 6) is 1.08. The van der Waals surface area contributed by atoms with Crippen molar-refractivity contribution in [3.05, 3.63) is 35.8 Å². The molecule has 162 valence electrons. The molecular weight excluding hydrogens is 389 g/mol. The standard InChI is InChI=1S/C21H28FN5O3/c1-4-5-7-13(12-28)24-20-19-18(25-21(23)26-20)15(22)11-27(19)10-14-16(29-2)8-6-9-17(14)30-3/h6,8-9,11,13,28H,4-5,7,10,12H2,1-3H3,(H3,23,24,25,26)/t13-/m0/s1. The summed E-state index contributed by atoms with van der Waals surface area (Å²) < 4.78 is 27.4. The van der Waals surface area contributed by atoms with E-state index in [0.29, 0.717) is 22.8 Å². The molecule has 0 saturated carbocycles. The number of unbranched alkanes of at least 4 members (excludes halogenated alkanes) is 1. The Hall–Kier alpha value is -3.07. The summed E-state index contributed by atoms with van der Waals surface area (Å²) in [6.45, 7) is 2.28. The normalized spacial score (nSPS) is 12.2. The second-order valence-electron chi connectivity index (χ2n) is 7.04. The van der Waals surface area contributed by atoms with Gasteiger partial charge in [0.25, 0.3) is 0 Å². The van der Waals surface area contributed by atoms with Crippen LogP contribution < -0.4 is 20.5 Å². The summed E-state index contributed by atoms with van der Waals surface area (Å²) in [5, 5.41) is 13.0. The minimum Gasteiger partial charge on any atom is -0.496 e. The van der Waals surface area contributed by atoms with Crippen LogP contribution in [0.4, 0.5) is 16.2 Å². The van der Waals surface area contributed by atoms with Gasteiger partial charge < -0.3 is 30.2 Å². The molecule has 2 aromatic heterocycles. The molecule has 1 atom stereocenters. The van der Waals surface area contributed by atoms with E-state index in [1.54, 1.807) is 18.8 Å². The minimum absolute atomic E-state index is 0.0382. The highest BCUT2D eigenvalue weighted by molar-refractivity contribution is 5.88. The van der Waals surface area contributed by atoms with Gasteiger partial charge in [-0.05, 0) is 18.6 Å². The number of halogens is 1. The molecule has 3 rings (SSSR count). The van der Waals surface area contributed by atoms with Crippen LogP contribution >= 0.6 is 0 Å². The van der Waals surface area contributed by atoms with E-state index in [0.717, 1.165) is 24.8 Å². The highest BCUT2D eigenvalue weighted by atomic mass is 19.1. The average Bonchev–Trinajstić information content (AvgIpc) is 3.06. The topological polar surface area (TPSA) is 107 Å². The Bertz CT molecular complexity index is 986. The zero-order valence-electron chi connectivity index (χ0n) is 17.5. The summed E-state index contributed by atoms with van der Waals surface area (Å²) in [5.41, 5.74) is 7.16. The first-order chi connectivity index (χ1) is 14.5. The van der Waals surface area contributed by atoms with E-state index < -0.39 is 5.82 Å². The van der Waals surface area contributed by atoms with Gasteiger partial charge in [-0.1, -0.05) is 25.8 Å². The van der Waals surface area contributed by atoms with Crippen LogP contribution in [0.2, 0.25) is 0 Å². The highest BCUT2D eigenvalue weighted by Gasteiger charge is 2.21. The Kier molecular flexibility index (Phi) is 6.94. The second-order valence-corrected chi connectivity index (χ2v) is 7.04. The maximum Gasteiger partial charge on any atom is 0.222 e. The van der Waals surface area contributed by atoms with Crippen LogP contribution in [0.3, 0.4) is 0 Å². The number of methoxy groups -OCH3 is 2. The zero-order valence-corrected chi connectivity index (χ0v) is 17.5. The number of nitrogen functional groups attached to an aromatic ring is 1. The molecule has 0 saturated heterocycles. The number of hydrogen-bond donors (Lipinski definition) is 3. The molecule has 8 nitrogen and oxygen atoms in total. The Morgan fingerprint density at radius 2 is 1.93 bits per heavy atom. The molecule has 0 aliphatic rings. The predicted molar refractivity (Wildman–Crippen MR) is 115 cm³/mol. The van der Waals surface area contributed by atoms with Gasteiger partial charge in [-0.25, -0.2) is 9.37 Å². The van der Waals surface area contributed by atoms with E-state index in [2.05, 4.69) is 22.2 Å². The molecule has 2 heterocycles. The lowest BCUT2D eigenvalue weighted by Gasteiger charge is -2.19. The largest absolute Gasteiger partial charge is 0.496 e. The number of aliphatic hydroxyl groups excluding tert-OH is 1. The Morgan fingerprint density at radius 1 is 1.23 bits per heavy atom. The molecule has 0 spiro atoms. The van der Waals surface area contributed by atoms with E-state index in [1.807, 2.05) is 18.2 Å². The molecule has 0 bridgehead atoms. The molecule has 1 aromatic carbocycles. The molecule has 0 aliphatic carbocycles. The number of ether oxygens (including phenoxy) is 2. The van der Waals surface area contributed by atoms with Crippen LogP contribution in [0, 0.1) is 5.82 Å². The third-order valence-corrected chi connectivity index (χ3v) is 5.01. The van der Waals surface area contributed by atoms with Gasteiger partial charge in [0.1, 0.15) is 22.5 Å². The Morgan fingerprint density at radius 3 is 2.53 bits per heavy atom. The third-order valence-electron chi connectivity index (χ3n) is 5.01. The van der Waals surface area contributed by atoms with Crippen LogP contribution in [-0.2, 0) is 6.54 Å². The number of fused-ring (bicyclic) bond motifs is 1. The number of aliphatic hydroxyl groups is 1. The van der Waals surface area contributed by atoms with Crippen molar-refractivity contribution >= 4 is 22.8 Å². The van der Waals surface area contributed by atoms with Gasteiger partial charge in [-0.15, -0.1) is 0 Å². The van der Waals surface area contributed by atoms with Crippen LogP contribution in [0.25, 0.3) is 11.0 Å². The number of nitrogens with zero attached hydrogens (tertiary/aromatic N) is 3. The minimum atomic E-state index is -0.509. The van der Waals surface area contributed by atoms with Gasteiger partial charge in [0.2, 0.25) is 5.95 Å². The van der Waals surface area contributed by atoms with Gasteiger partial charge in [0.15, 0.2) is 11.6 Å². The first-order valence-corrected chi connectivity index (χ1v) is 9.91. The fourth-order valence-electron chi connectivity index (χ4n) is 3.51. The van der Waals surface area contributed by atoms with Crippen LogP contribution in [0.15, 0.2) is 24.4 Å². The van der Waals surface area contributed by atoms with Crippen molar-refractivity contribution in [2.75, 3.05) is 31.9 Å². The van der Waals surface area contributed by atoms with Crippen LogP contribution in [-0.4, -0.2) is 46.5 Å². The van der Waals surface area contributed by atoms with Crippen molar-refractivity contribution in [2.45, 2.75) is 38.8 Å². The molecule has 0 unspecified atom stereocenters. The van der Waals surface area contributed by atoms with E-state index in [-0.39, 0.29) is 30.7 Å². The quantitative estimate of drug-likeness (QED) is 0.465. The Labute approximate surface area is 174 Å². The smallest absolute Gasteiger partial charge is 0.222 e. The number of hydrogen-bond acceptors (Lipinski definition) is 7. The molecule has 0 fully saturated rings. The summed E-state index contributed by atoms with van der Waals surface area (Å²) >= 11 is 0. The van der Waals surface area contributed by atoms with Crippen molar-refractivity contribution in [2.24, 2.45) is 0 Å². The van der Waals surface area contributed by atoms with E-state index in [9.17, 15) is 9.50 Å². The third kappa shape index (κ3) is 4.40. The summed E-state index contributed by atoms with van der Waals surface area (Å²) in [6, 6.07) is 5.24. The fourth-order valence-corrected chi connectivity index (χ4v) is 3.51. The monoisotopic (exact) mass is 417 g/mol. The molecule has 3 aromatic rings. The second kappa shape index (κ2) is 9.62. The molecule has 0 aliphatic heterocycles. The maximum atomic E-state index is 14.7. The van der Waals surface area contributed by atoms with Crippen LogP contribution in [0.5, 0.6) is 11.5 Å². The SMILES string of the molecule is CCCC[C@@H](CO)Nc1nc(N)nc2c(F)cn(Cc3c(OC)cccc3OC)c12. The highest BCUT2D eigenvalue weighted by Crippen LogP contribution is 2.32. The predicted octanol–water partition coefficient (Wildman–Crippen LogP) is 3.18. The number of nitrogens with one attached hydrogen (secondary N) is 1. The number of nitrogens with two attached hydrogens (primary N) is 1. The van der Waals surface area contributed by atoms with E-state index in [4.69, 9.17) is 15.2 Å². The van der Waals surface area contributed by atoms with E-state index >= 15 is 0 Å². The van der Waals surface area contributed by atoms with E-state index in [1.165, 1.54) is 6.20 Å². The number of aromatic nitrogens is 3. The summed E-state index contributed by atoms with van der Waals surface area (Å²) in [6.07, 6.45) is 4.05. The summed E-state index contributed by atoms with van der Waals surface area (Å²) in [7, 11) is 3.14. The number of benzene rings is 1. The maximum absolute atomic E-state index is 14.7. The Balaban J connectivity index is 2.09. The van der Waals surface area contributed by atoms with Crippen LogP contribution in [0.1, 0.15) is 31.7 Å². The molecule has 9 heteroatoms. The lowest BCUT2D eigenvalue weighted by atomic mass is 10.1. The fraction of sp³-hybridized carbons (Fsp3) is 0.429. The van der Waals surface area contributed by atoms with Gasteiger partial charge in [-0.2, -0.15) is 4.98 Å². The van der Waals surface area contributed by atoms with Gasteiger partial charge in [0.05, 0.1) is 39.0 Å². The molecule has 0 radical (unpaired) electrons. The lowest BCUT2D eigenvalue weighted by Crippen LogP contribution is -2.25. The van der Waals surface area contributed by atoms with Crippen molar-refractivity contribution in [3.8, 4) is 11.5 Å².